The summed E-state index contributed by atoms with van der Waals surface area (Å²) in [6.07, 6.45) is 82.8. The van der Waals surface area contributed by atoms with Crippen LogP contribution in [-0.2, 0) is 18.4 Å². The van der Waals surface area contributed by atoms with Gasteiger partial charge in [0.05, 0.1) is 39.9 Å². The number of likely N-dealkylation sites (N-methyl/N-ethyl adjacent to an activating group) is 1. The molecule has 0 aromatic carbocycles. The molecule has 0 heterocycles. The SMILES string of the molecule is CC/C=C\C/C=C\C/C=C\C/C=C\C/C=C\C/C=C\CCCCCCCCCCCCCCCCCCCCCCCCC(=O)NC(COP(=O)(O)OCC[N+](C)(C)C)C(O)CCCCCCCCCCCCCCCCC. The van der Waals surface area contributed by atoms with Gasteiger partial charge in [-0.15, -0.1) is 0 Å². The van der Waals surface area contributed by atoms with Crippen molar-refractivity contribution in [2.24, 2.45) is 0 Å². The fraction of sp³-hybridized carbons (Fsp3) is 0.812. The van der Waals surface area contributed by atoms with E-state index in [1.165, 1.54) is 205 Å². The van der Waals surface area contributed by atoms with E-state index >= 15 is 0 Å². The van der Waals surface area contributed by atoms with Crippen LogP contribution in [0.4, 0.5) is 0 Å². The molecule has 456 valence electrons. The molecule has 78 heavy (non-hydrogen) atoms. The fourth-order valence-corrected chi connectivity index (χ4v) is 10.6. The quantitative estimate of drug-likeness (QED) is 0.0243. The van der Waals surface area contributed by atoms with Crippen molar-refractivity contribution in [3.63, 3.8) is 0 Å². The molecule has 0 aliphatic carbocycles. The van der Waals surface area contributed by atoms with Crippen molar-refractivity contribution in [1.82, 2.24) is 5.32 Å². The van der Waals surface area contributed by atoms with Gasteiger partial charge < -0.3 is 19.8 Å². The molecule has 0 aliphatic heterocycles. The van der Waals surface area contributed by atoms with Gasteiger partial charge in [0.15, 0.2) is 0 Å². The van der Waals surface area contributed by atoms with Crippen molar-refractivity contribution >= 4 is 13.7 Å². The zero-order valence-electron chi connectivity index (χ0n) is 52.2. The Hall–Kier alpha value is -2.06. The first kappa shape index (κ1) is 75.9. The lowest BCUT2D eigenvalue weighted by Crippen LogP contribution is -2.46. The third-order valence-electron chi connectivity index (χ3n) is 15.0. The Morgan fingerprint density at radius 1 is 0.449 bits per heavy atom. The lowest BCUT2D eigenvalue weighted by atomic mass is 10.0. The van der Waals surface area contributed by atoms with Gasteiger partial charge in [-0.2, -0.15) is 0 Å². The molecule has 8 nitrogen and oxygen atoms in total. The third kappa shape index (κ3) is 61.6. The Balaban J connectivity index is 3.89. The molecule has 0 aliphatic rings. The highest BCUT2D eigenvalue weighted by atomic mass is 31.2. The number of quaternary nitrogens is 1. The number of nitrogens with zero attached hydrogens (tertiary/aromatic N) is 1. The van der Waals surface area contributed by atoms with Crippen molar-refractivity contribution < 1.29 is 32.9 Å². The van der Waals surface area contributed by atoms with E-state index in [9.17, 15) is 19.4 Å². The summed E-state index contributed by atoms with van der Waals surface area (Å²) >= 11 is 0. The monoisotopic (exact) mass is 1110 g/mol. The summed E-state index contributed by atoms with van der Waals surface area (Å²) in [4.78, 5) is 23.4. The van der Waals surface area contributed by atoms with E-state index in [1.807, 2.05) is 21.1 Å². The summed E-state index contributed by atoms with van der Waals surface area (Å²) in [5.74, 6) is -0.140. The number of aliphatic hydroxyl groups excluding tert-OH is 1. The Labute approximate surface area is 484 Å². The number of nitrogens with one attached hydrogen (secondary N) is 1. The second-order valence-electron chi connectivity index (χ2n) is 23.8. The normalized spacial score (nSPS) is 14.2. The molecule has 0 saturated heterocycles. The topological polar surface area (TPSA) is 105 Å². The summed E-state index contributed by atoms with van der Waals surface area (Å²) in [6, 6.07) is -0.760. The molecule has 3 atom stereocenters. The van der Waals surface area contributed by atoms with Gasteiger partial charge in [-0.1, -0.05) is 311 Å². The first-order chi connectivity index (χ1) is 38.0. The van der Waals surface area contributed by atoms with Gasteiger partial charge in [-0.3, -0.25) is 13.8 Å². The second kappa shape index (κ2) is 59.6. The number of phosphoric ester groups is 1. The maximum Gasteiger partial charge on any atom is 0.472 e. The van der Waals surface area contributed by atoms with Crippen LogP contribution < -0.4 is 5.32 Å². The number of carbonyl (C=O) groups is 1. The van der Waals surface area contributed by atoms with Gasteiger partial charge >= 0.3 is 7.82 Å². The van der Waals surface area contributed by atoms with Gasteiger partial charge in [-0.25, -0.2) is 4.57 Å². The molecule has 0 fully saturated rings. The third-order valence-corrected chi connectivity index (χ3v) is 16.0. The standard InChI is InChI=1S/C69H129N2O6P/c1-6-8-10-12-14-16-18-20-22-23-24-25-26-27-28-29-30-31-32-33-34-35-36-37-38-39-40-41-42-43-44-45-46-47-49-51-53-55-57-59-61-63-69(73)70-67(66-77-78(74,75)76-65-64-71(3,4)5)68(72)62-60-58-56-54-52-50-48-21-19-17-15-13-11-9-7-2/h8,10,14,16,20,22,24-25,27-28,30-31,67-68,72H,6-7,9,11-13,15,17-19,21,23,26,29,32-66H2,1-5H3,(H-,70,73,74,75)/p+1/b10-8-,16-14-,22-20-,25-24-,28-27-,31-30-. The highest BCUT2D eigenvalue weighted by Gasteiger charge is 2.28. The van der Waals surface area contributed by atoms with Crippen LogP contribution in [0.2, 0.25) is 0 Å². The lowest BCUT2D eigenvalue weighted by molar-refractivity contribution is -0.870. The molecule has 0 aromatic rings. The number of amides is 1. The first-order valence-corrected chi connectivity index (χ1v) is 34.8. The number of aliphatic hydroxyl groups is 1. The minimum atomic E-state index is -4.32. The van der Waals surface area contributed by atoms with Gasteiger partial charge in [-0.05, 0) is 64.2 Å². The van der Waals surface area contributed by atoms with Crippen molar-refractivity contribution in [1.29, 1.82) is 0 Å². The van der Waals surface area contributed by atoms with Gasteiger partial charge in [0, 0.05) is 6.42 Å². The maximum absolute atomic E-state index is 13.0. The number of phosphoric acid groups is 1. The van der Waals surface area contributed by atoms with Gasteiger partial charge in [0.1, 0.15) is 13.2 Å². The van der Waals surface area contributed by atoms with Crippen LogP contribution in [0.25, 0.3) is 0 Å². The van der Waals surface area contributed by atoms with Crippen LogP contribution in [0.5, 0.6) is 0 Å². The molecular weight excluding hydrogens is 984 g/mol. The smallest absolute Gasteiger partial charge is 0.391 e. The van der Waals surface area contributed by atoms with Crippen LogP contribution in [-0.4, -0.2) is 73.4 Å². The second-order valence-corrected chi connectivity index (χ2v) is 25.3. The summed E-state index contributed by atoms with van der Waals surface area (Å²) in [7, 11) is 1.63. The molecular formula is C69H130N2O6P+. The molecule has 0 rings (SSSR count). The van der Waals surface area contributed by atoms with E-state index in [0.717, 1.165) is 77.0 Å². The predicted octanol–water partition coefficient (Wildman–Crippen LogP) is 21.0. The molecule has 0 bridgehead atoms. The summed E-state index contributed by atoms with van der Waals surface area (Å²) < 4.78 is 23.8. The van der Waals surface area contributed by atoms with Crippen LogP contribution in [0.15, 0.2) is 72.9 Å². The molecule has 1 amide bonds. The number of hydrogen-bond donors (Lipinski definition) is 3. The zero-order chi connectivity index (χ0) is 57.0. The van der Waals surface area contributed by atoms with E-state index in [-0.39, 0.29) is 19.1 Å². The van der Waals surface area contributed by atoms with Gasteiger partial charge in [0.2, 0.25) is 5.91 Å². The Kier molecular flexibility index (Phi) is 58.0. The van der Waals surface area contributed by atoms with Gasteiger partial charge in [0.25, 0.3) is 0 Å². The summed E-state index contributed by atoms with van der Waals surface area (Å²) in [5, 5.41) is 14.1. The van der Waals surface area contributed by atoms with Crippen LogP contribution >= 0.6 is 7.82 Å². The number of allylic oxidation sites excluding steroid dienone is 12. The largest absolute Gasteiger partial charge is 0.472 e. The lowest BCUT2D eigenvalue weighted by Gasteiger charge is -2.26. The number of hydrogen-bond acceptors (Lipinski definition) is 5. The maximum atomic E-state index is 13.0. The van der Waals surface area contributed by atoms with E-state index in [0.29, 0.717) is 23.9 Å². The van der Waals surface area contributed by atoms with Crippen molar-refractivity contribution in [3.8, 4) is 0 Å². The van der Waals surface area contributed by atoms with Crippen LogP contribution in [0, 0.1) is 0 Å². The van der Waals surface area contributed by atoms with E-state index in [1.54, 1.807) is 0 Å². The summed E-state index contributed by atoms with van der Waals surface area (Å²) in [6.45, 7) is 4.80. The molecule has 0 spiro atoms. The highest BCUT2D eigenvalue weighted by Crippen LogP contribution is 2.43. The number of rotatable bonds is 61. The van der Waals surface area contributed by atoms with Crippen molar-refractivity contribution in [2.45, 2.75) is 321 Å². The highest BCUT2D eigenvalue weighted by molar-refractivity contribution is 7.47. The van der Waals surface area contributed by atoms with E-state index < -0.39 is 20.0 Å². The minimum absolute atomic E-state index is 0.0754. The minimum Gasteiger partial charge on any atom is -0.391 e. The first-order valence-electron chi connectivity index (χ1n) is 33.3. The van der Waals surface area contributed by atoms with Crippen LogP contribution in [0.1, 0.15) is 309 Å². The predicted molar refractivity (Wildman–Crippen MR) is 341 cm³/mol. The molecule has 9 heteroatoms. The molecule has 0 saturated carbocycles. The molecule has 0 radical (unpaired) electrons. The van der Waals surface area contributed by atoms with E-state index in [4.69, 9.17) is 9.05 Å². The van der Waals surface area contributed by atoms with Crippen LogP contribution in [0.3, 0.4) is 0 Å². The zero-order valence-corrected chi connectivity index (χ0v) is 53.0. The van der Waals surface area contributed by atoms with Crippen molar-refractivity contribution in [2.75, 3.05) is 40.9 Å². The average Bonchev–Trinajstić information content (AvgIpc) is 3.41. The molecule has 3 N–H and O–H groups in total. The Morgan fingerprint density at radius 3 is 1.13 bits per heavy atom. The summed E-state index contributed by atoms with van der Waals surface area (Å²) in [5.41, 5.74) is 0. The van der Waals surface area contributed by atoms with Crippen molar-refractivity contribution in [3.05, 3.63) is 72.9 Å². The number of unbranched alkanes of at least 4 members (excludes halogenated alkanes) is 36. The average molecular weight is 1110 g/mol. The molecule has 0 aromatic heterocycles. The Morgan fingerprint density at radius 2 is 0.769 bits per heavy atom. The Bertz CT molecular complexity index is 1500. The van der Waals surface area contributed by atoms with E-state index in [2.05, 4.69) is 92.1 Å². The number of carbonyl (C=O) groups excluding carboxylic acids is 1. The fourth-order valence-electron chi connectivity index (χ4n) is 9.82. The molecule has 3 unspecified atom stereocenters.